The number of carbonyl (C=O) groups is 1. The summed E-state index contributed by atoms with van der Waals surface area (Å²) in [5, 5.41) is 10.5. The third kappa shape index (κ3) is 4.13. The SMILES string of the molecule is COCC1(c2nc(CC(=O)NC3CCCCC3)no2)CCNCC1. The molecule has 0 spiro atoms. The summed E-state index contributed by atoms with van der Waals surface area (Å²) in [6.07, 6.45) is 7.81. The van der Waals surface area contributed by atoms with Crippen LogP contribution in [0.4, 0.5) is 0 Å². The van der Waals surface area contributed by atoms with Gasteiger partial charge in [0.1, 0.15) is 0 Å². The normalized spacial score (nSPS) is 21.5. The zero-order valence-corrected chi connectivity index (χ0v) is 14.5. The molecule has 7 heteroatoms. The van der Waals surface area contributed by atoms with Crippen molar-refractivity contribution in [2.75, 3.05) is 26.8 Å². The van der Waals surface area contributed by atoms with E-state index in [1.54, 1.807) is 7.11 Å². The molecule has 0 unspecified atom stereocenters. The first-order chi connectivity index (χ1) is 11.7. The maximum absolute atomic E-state index is 12.2. The number of rotatable bonds is 6. The summed E-state index contributed by atoms with van der Waals surface area (Å²) < 4.78 is 10.9. The van der Waals surface area contributed by atoms with Crippen LogP contribution in [0.2, 0.25) is 0 Å². The van der Waals surface area contributed by atoms with Crippen molar-refractivity contribution in [1.29, 1.82) is 0 Å². The van der Waals surface area contributed by atoms with Crippen molar-refractivity contribution in [1.82, 2.24) is 20.8 Å². The lowest BCUT2D eigenvalue weighted by atomic mass is 9.79. The molecule has 1 saturated heterocycles. The highest BCUT2D eigenvalue weighted by Gasteiger charge is 2.39. The standard InChI is InChI=1S/C17H28N4O3/c1-23-12-17(7-9-18-10-8-17)16-20-14(21-24-16)11-15(22)19-13-5-3-2-4-6-13/h13,18H,2-12H2,1H3,(H,19,22). The molecule has 2 aliphatic rings. The second-order valence-electron chi connectivity index (χ2n) is 7.06. The number of carbonyl (C=O) groups excluding carboxylic acids is 1. The van der Waals surface area contributed by atoms with Gasteiger partial charge in [-0.15, -0.1) is 0 Å². The lowest BCUT2D eigenvalue weighted by molar-refractivity contribution is -0.121. The van der Waals surface area contributed by atoms with Crippen LogP contribution in [0.5, 0.6) is 0 Å². The molecule has 1 amide bonds. The van der Waals surface area contributed by atoms with Gasteiger partial charge in [0.05, 0.1) is 18.4 Å². The van der Waals surface area contributed by atoms with Gasteiger partial charge in [0.2, 0.25) is 11.8 Å². The molecule has 1 aromatic rings. The summed E-state index contributed by atoms with van der Waals surface area (Å²) in [4.78, 5) is 16.7. The lowest BCUT2D eigenvalue weighted by Crippen LogP contribution is -2.43. The second kappa shape index (κ2) is 8.07. The Hall–Kier alpha value is -1.47. The van der Waals surface area contributed by atoms with Crippen molar-refractivity contribution < 1.29 is 14.1 Å². The molecule has 1 aromatic heterocycles. The van der Waals surface area contributed by atoms with Crippen molar-refractivity contribution in [3.05, 3.63) is 11.7 Å². The maximum atomic E-state index is 12.2. The van der Waals surface area contributed by atoms with Crippen molar-refractivity contribution in [2.24, 2.45) is 0 Å². The van der Waals surface area contributed by atoms with E-state index < -0.39 is 0 Å². The minimum absolute atomic E-state index is 0.0136. The first kappa shape index (κ1) is 17.4. The largest absolute Gasteiger partial charge is 0.384 e. The third-order valence-corrected chi connectivity index (χ3v) is 5.19. The van der Waals surface area contributed by atoms with E-state index in [0.717, 1.165) is 38.8 Å². The highest BCUT2D eigenvalue weighted by molar-refractivity contribution is 5.78. The van der Waals surface area contributed by atoms with Gasteiger partial charge in [-0.1, -0.05) is 24.4 Å². The first-order valence-corrected chi connectivity index (χ1v) is 9.04. The minimum Gasteiger partial charge on any atom is -0.384 e. The van der Waals surface area contributed by atoms with Gasteiger partial charge in [-0.3, -0.25) is 4.79 Å². The topological polar surface area (TPSA) is 89.3 Å². The van der Waals surface area contributed by atoms with E-state index >= 15 is 0 Å². The van der Waals surface area contributed by atoms with Crippen LogP contribution in [0, 0.1) is 0 Å². The molecule has 2 fully saturated rings. The highest BCUT2D eigenvalue weighted by atomic mass is 16.5. The van der Waals surface area contributed by atoms with E-state index in [2.05, 4.69) is 20.8 Å². The Balaban J connectivity index is 1.60. The van der Waals surface area contributed by atoms with Crippen LogP contribution < -0.4 is 10.6 Å². The van der Waals surface area contributed by atoms with Gasteiger partial charge >= 0.3 is 0 Å². The van der Waals surface area contributed by atoms with E-state index in [-0.39, 0.29) is 17.7 Å². The minimum atomic E-state index is -0.231. The molecule has 2 heterocycles. The van der Waals surface area contributed by atoms with Gasteiger partial charge in [-0.25, -0.2) is 0 Å². The van der Waals surface area contributed by atoms with Crippen molar-refractivity contribution in [3.63, 3.8) is 0 Å². The molecular formula is C17H28N4O3. The molecule has 0 radical (unpaired) electrons. The van der Waals surface area contributed by atoms with Crippen LogP contribution in [0.3, 0.4) is 0 Å². The third-order valence-electron chi connectivity index (χ3n) is 5.19. The Morgan fingerprint density at radius 1 is 1.33 bits per heavy atom. The summed E-state index contributed by atoms with van der Waals surface area (Å²) in [7, 11) is 1.69. The maximum Gasteiger partial charge on any atom is 0.235 e. The van der Waals surface area contributed by atoms with Gasteiger partial charge in [-0.05, 0) is 38.8 Å². The average Bonchev–Trinajstić information content (AvgIpc) is 3.06. The fourth-order valence-electron chi connectivity index (χ4n) is 3.81. The number of aromatic nitrogens is 2. The summed E-state index contributed by atoms with van der Waals surface area (Å²) in [5.41, 5.74) is -0.231. The van der Waals surface area contributed by atoms with Gasteiger partial charge < -0.3 is 19.9 Å². The fourth-order valence-corrected chi connectivity index (χ4v) is 3.81. The molecule has 1 aliphatic heterocycles. The van der Waals surface area contributed by atoms with Crippen molar-refractivity contribution >= 4 is 5.91 Å². The molecule has 1 saturated carbocycles. The van der Waals surface area contributed by atoms with Crippen LogP contribution in [0.15, 0.2) is 4.52 Å². The van der Waals surface area contributed by atoms with E-state index in [0.29, 0.717) is 24.4 Å². The van der Waals surface area contributed by atoms with Crippen LogP contribution in [0.1, 0.15) is 56.7 Å². The van der Waals surface area contributed by atoms with Crippen LogP contribution in [-0.4, -0.2) is 48.9 Å². The van der Waals surface area contributed by atoms with E-state index in [1.807, 2.05) is 0 Å². The number of piperidine rings is 1. The molecule has 0 aromatic carbocycles. The number of nitrogens with zero attached hydrogens (tertiary/aromatic N) is 2. The van der Waals surface area contributed by atoms with Crippen molar-refractivity contribution in [3.8, 4) is 0 Å². The molecule has 0 atom stereocenters. The molecule has 3 rings (SSSR count). The van der Waals surface area contributed by atoms with Crippen LogP contribution in [-0.2, 0) is 21.4 Å². The molecule has 134 valence electrons. The smallest absolute Gasteiger partial charge is 0.235 e. The number of methoxy groups -OCH3 is 1. The zero-order valence-electron chi connectivity index (χ0n) is 14.5. The zero-order chi connectivity index (χ0) is 16.8. The van der Waals surface area contributed by atoms with Crippen LogP contribution >= 0.6 is 0 Å². The molecular weight excluding hydrogens is 308 g/mol. The number of ether oxygens (including phenoxy) is 1. The fraction of sp³-hybridized carbons (Fsp3) is 0.824. The molecule has 1 aliphatic carbocycles. The predicted molar refractivity (Wildman–Crippen MR) is 88.7 cm³/mol. The molecule has 2 N–H and O–H groups in total. The number of hydrogen-bond donors (Lipinski definition) is 2. The van der Waals surface area contributed by atoms with Gasteiger partial charge in [0, 0.05) is 13.2 Å². The Kier molecular flexibility index (Phi) is 5.84. The lowest BCUT2D eigenvalue weighted by Gasteiger charge is -2.33. The number of hydrogen-bond acceptors (Lipinski definition) is 6. The Labute approximate surface area is 142 Å². The summed E-state index contributed by atoms with van der Waals surface area (Å²) in [6.45, 7) is 2.37. The Morgan fingerprint density at radius 3 is 2.79 bits per heavy atom. The molecule has 24 heavy (non-hydrogen) atoms. The average molecular weight is 336 g/mol. The van der Waals surface area contributed by atoms with Gasteiger partial charge in [0.15, 0.2) is 5.82 Å². The predicted octanol–water partition coefficient (Wildman–Crippen LogP) is 1.33. The summed E-state index contributed by atoms with van der Waals surface area (Å²) >= 11 is 0. The number of amides is 1. The van der Waals surface area contributed by atoms with E-state index in [4.69, 9.17) is 9.26 Å². The Morgan fingerprint density at radius 2 is 2.08 bits per heavy atom. The quantitative estimate of drug-likeness (QED) is 0.815. The van der Waals surface area contributed by atoms with Gasteiger partial charge in [-0.2, -0.15) is 4.98 Å². The van der Waals surface area contributed by atoms with Gasteiger partial charge in [0.25, 0.3) is 0 Å². The second-order valence-corrected chi connectivity index (χ2v) is 7.06. The van der Waals surface area contributed by atoms with Crippen LogP contribution in [0.25, 0.3) is 0 Å². The Bertz CT molecular complexity index is 528. The monoisotopic (exact) mass is 336 g/mol. The van der Waals surface area contributed by atoms with Crippen molar-refractivity contribution in [2.45, 2.75) is 62.8 Å². The van der Waals surface area contributed by atoms with E-state index in [9.17, 15) is 4.79 Å². The number of nitrogens with one attached hydrogen (secondary N) is 2. The molecule has 7 nitrogen and oxygen atoms in total. The molecule has 0 bridgehead atoms. The summed E-state index contributed by atoms with van der Waals surface area (Å²) in [5.74, 6) is 1.05. The highest BCUT2D eigenvalue weighted by Crippen LogP contribution is 2.32. The summed E-state index contributed by atoms with van der Waals surface area (Å²) in [6, 6.07) is 0.307. The van der Waals surface area contributed by atoms with E-state index in [1.165, 1.54) is 19.3 Å². The first-order valence-electron chi connectivity index (χ1n) is 9.04.